The van der Waals surface area contributed by atoms with E-state index in [1.165, 1.54) is 17.5 Å². The molecule has 0 spiro atoms. The zero-order chi connectivity index (χ0) is 9.97. The van der Waals surface area contributed by atoms with Gasteiger partial charge >= 0.3 is 0 Å². The number of rotatable bonds is 1. The van der Waals surface area contributed by atoms with Crippen molar-refractivity contribution in [3.05, 3.63) is 27.9 Å². The van der Waals surface area contributed by atoms with Gasteiger partial charge in [-0.2, -0.15) is 5.26 Å². The van der Waals surface area contributed by atoms with Crippen LogP contribution in [0.5, 0.6) is 0 Å². The topological polar surface area (TPSA) is 62.5 Å². The van der Waals surface area contributed by atoms with E-state index in [0.29, 0.717) is 5.56 Å². The van der Waals surface area contributed by atoms with E-state index in [-0.39, 0.29) is 0 Å². The smallest absolute Gasteiger partial charge is 0.183 e. The lowest BCUT2D eigenvalue weighted by Crippen LogP contribution is -1.82. The van der Waals surface area contributed by atoms with Crippen molar-refractivity contribution in [2.45, 2.75) is 0 Å². The molecular weight excluding hydrogens is 264 g/mol. The predicted molar refractivity (Wildman–Crippen MR) is 55.6 cm³/mol. The molecule has 2 rings (SSSR count). The Morgan fingerprint density at radius 3 is 2.86 bits per heavy atom. The summed E-state index contributed by atoms with van der Waals surface area (Å²) in [6.07, 6.45) is 3.17. The molecule has 14 heavy (non-hydrogen) atoms. The van der Waals surface area contributed by atoms with Crippen molar-refractivity contribution >= 4 is 27.3 Å². The van der Waals surface area contributed by atoms with Crippen LogP contribution >= 0.6 is 27.3 Å². The van der Waals surface area contributed by atoms with E-state index in [1.54, 1.807) is 12.3 Å². The van der Waals surface area contributed by atoms with Crippen molar-refractivity contribution in [1.29, 1.82) is 5.26 Å². The highest BCUT2D eigenvalue weighted by Gasteiger charge is 2.05. The molecule has 0 atom stereocenters. The third-order valence-corrected chi connectivity index (χ3v) is 2.92. The molecule has 0 unspecified atom stereocenters. The van der Waals surface area contributed by atoms with Crippen LogP contribution in [0.4, 0.5) is 0 Å². The molecular formula is C8H3BrN4S. The van der Waals surface area contributed by atoms with Gasteiger partial charge in [0.15, 0.2) is 3.92 Å². The van der Waals surface area contributed by atoms with Crippen LogP contribution in [0.2, 0.25) is 0 Å². The molecule has 0 amide bonds. The normalized spacial score (nSPS) is 9.71. The fourth-order valence-electron chi connectivity index (χ4n) is 0.940. The summed E-state index contributed by atoms with van der Waals surface area (Å²) in [6, 6.07) is 3.76. The van der Waals surface area contributed by atoms with Gasteiger partial charge in [-0.15, -0.1) is 10.2 Å². The number of hydrogen-bond acceptors (Lipinski definition) is 5. The quantitative estimate of drug-likeness (QED) is 0.794. The highest BCUT2D eigenvalue weighted by atomic mass is 79.9. The van der Waals surface area contributed by atoms with Crippen LogP contribution < -0.4 is 0 Å². The van der Waals surface area contributed by atoms with Crippen LogP contribution in [0, 0.1) is 11.3 Å². The summed E-state index contributed by atoms with van der Waals surface area (Å²) in [7, 11) is 0. The second-order valence-corrected chi connectivity index (χ2v) is 4.69. The Labute approximate surface area is 92.4 Å². The van der Waals surface area contributed by atoms with Crippen LogP contribution in [0.25, 0.3) is 10.6 Å². The van der Waals surface area contributed by atoms with E-state index >= 15 is 0 Å². The van der Waals surface area contributed by atoms with Crippen molar-refractivity contribution in [1.82, 2.24) is 15.2 Å². The Balaban J connectivity index is 2.47. The fraction of sp³-hybridized carbons (Fsp3) is 0. The zero-order valence-corrected chi connectivity index (χ0v) is 9.21. The zero-order valence-electron chi connectivity index (χ0n) is 6.81. The summed E-state index contributed by atoms with van der Waals surface area (Å²) in [5, 5.41) is 17.2. The average Bonchev–Trinajstić information content (AvgIpc) is 2.65. The highest BCUT2D eigenvalue weighted by molar-refractivity contribution is 9.11. The molecule has 4 nitrogen and oxygen atoms in total. The molecule has 0 saturated carbocycles. The summed E-state index contributed by atoms with van der Waals surface area (Å²) in [6.45, 7) is 0. The summed E-state index contributed by atoms with van der Waals surface area (Å²) in [5.74, 6) is 0. The van der Waals surface area contributed by atoms with E-state index in [4.69, 9.17) is 5.26 Å². The van der Waals surface area contributed by atoms with Crippen LogP contribution in [0.1, 0.15) is 5.56 Å². The SMILES string of the molecule is N#Cc1cncc(-c2nnc(Br)s2)c1. The summed E-state index contributed by atoms with van der Waals surface area (Å²) >= 11 is 4.63. The summed E-state index contributed by atoms with van der Waals surface area (Å²) in [4.78, 5) is 3.94. The molecule has 2 aromatic rings. The maximum absolute atomic E-state index is 8.68. The lowest BCUT2D eigenvalue weighted by atomic mass is 10.2. The van der Waals surface area contributed by atoms with Gasteiger partial charge in [-0.05, 0) is 22.0 Å². The van der Waals surface area contributed by atoms with Gasteiger partial charge < -0.3 is 0 Å². The Bertz CT molecular complexity index is 502. The summed E-state index contributed by atoms with van der Waals surface area (Å²) in [5.41, 5.74) is 1.33. The van der Waals surface area contributed by atoms with Gasteiger partial charge in [0, 0.05) is 18.0 Å². The fourth-order valence-corrected chi connectivity index (χ4v) is 2.03. The molecule has 0 aromatic carbocycles. The average molecular weight is 267 g/mol. The number of nitriles is 1. The molecule has 0 saturated heterocycles. The van der Waals surface area contributed by atoms with E-state index in [2.05, 4.69) is 31.1 Å². The minimum absolute atomic E-state index is 0.522. The molecule has 0 N–H and O–H groups in total. The highest BCUT2D eigenvalue weighted by Crippen LogP contribution is 2.25. The molecule has 0 bridgehead atoms. The van der Waals surface area contributed by atoms with Gasteiger partial charge in [0.25, 0.3) is 0 Å². The first-order chi connectivity index (χ1) is 6.79. The molecule has 0 aliphatic carbocycles. The summed E-state index contributed by atoms with van der Waals surface area (Å²) < 4.78 is 0.717. The maximum Gasteiger partial charge on any atom is 0.183 e. The molecule has 0 fully saturated rings. The monoisotopic (exact) mass is 266 g/mol. The molecule has 6 heteroatoms. The van der Waals surface area contributed by atoms with Crippen molar-refractivity contribution in [3.8, 4) is 16.6 Å². The number of nitrogens with zero attached hydrogens (tertiary/aromatic N) is 4. The number of pyridine rings is 1. The number of hydrogen-bond donors (Lipinski definition) is 0. The molecule has 2 heterocycles. The Hall–Kier alpha value is -1.32. The second-order valence-electron chi connectivity index (χ2n) is 2.43. The van der Waals surface area contributed by atoms with Crippen molar-refractivity contribution in [3.63, 3.8) is 0 Å². The van der Waals surface area contributed by atoms with Gasteiger partial charge in [0.1, 0.15) is 11.1 Å². The van der Waals surface area contributed by atoms with Gasteiger partial charge in [-0.25, -0.2) is 0 Å². The Morgan fingerprint density at radius 2 is 2.21 bits per heavy atom. The Morgan fingerprint density at radius 1 is 1.36 bits per heavy atom. The molecule has 0 aliphatic rings. The minimum atomic E-state index is 0.522. The van der Waals surface area contributed by atoms with E-state index < -0.39 is 0 Å². The first kappa shape index (κ1) is 9.24. The van der Waals surface area contributed by atoms with Crippen LogP contribution in [-0.2, 0) is 0 Å². The Kier molecular flexibility index (Phi) is 2.52. The lowest BCUT2D eigenvalue weighted by Gasteiger charge is -1.93. The first-order valence-electron chi connectivity index (χ1n) is 3.64. The van der Waals surface area contributed by atoms with Crippen LogP contribution in [0.3, 0.4) is 0 Å². The number of halogens is 1. The largest absolute Gasteiger partial charge is 0.263 e. The van der Waals surface area contributed by atoms with E-state index in [1.807, 2.05) is 6.07 Å². The minimum Gasteiger partial charge on any atom is -0.263 e. The van der Waals surface area contributed by atoms with Crippen LogP contribution in [0.15, 0.2) is 22.4 Å². The van der Waals surface area contributed by atoms with Gasteiger partial charge in [-0.1, -0.05) is 11.3 Å². The molecule has 2 aromatic heterocycles. The standard InChI is InChI=1S/C8H3BrN4S/c9-8-13-12-7(14-8)6-1-5(2-10)3-11-4-6/h1,3-4H. The van der Waals surface area contributed by atoms with Crippen molar-refractivity contribution in [2.24, 2.45) is 0 Å². The van der Waals surface area contributed by atoms with E-state index in [9.17, 15) is 0 Å². The second kappa shape index (κ2) is 3.82. The van der Waals surface area contributed by atoms with Crippen molar-refractivity contribution in [2.75, 3.05) is 0 Å². The molecule has 0 radical (unpaired) electrons. The van der Waals surface area contributed by atoms with Gasteiger partial charge in [0.2, 0.25) is 0 Å². The number of aromatic nitrogens is 3. The van der Waals surface area contributed by atoms with Crippen molar-refractivity contribution < 1.29 is 0 Å². The van der Waals surface area contributed by atoms with E-state index in [0.717, 1.165) is 14.5 Å². The maximum atomic E-state index is 8.68. The third-order valence-electron chi connectivity index (χ3n) is 1.51. The van der Waals surface area contributed by atoms with Crippen LogP contribution in [-0.4, -0.2) is 15.2 Å². The molecule has 68 valence electrons. The lowest BCUT2D eigenvalue weighted by molar-refractivity contribution is 1.07. The first-order valence-corrected chi connectivity index (χ1v) is 5.25. The third kappa shape index (κ3) is 1.78. The van der Waals surface area contributed by atoms with Gasteiger partial charge in [-0.3, -0.25) is 4.98 Å². The molecule has 0 aliphatic heterocycles. The predicted octanol–water partition coefficient (Wildman–Crippen LogP) is 2.23. The van der Waals surface area contributed by atoms with Gasteiger partial charge in [0.05, 0.1) is 5.56 Å².